The third-order valence-corrected chi connectivity index (χ3v) is 15.7. The average Bonchev–Trinajstić information content (AvgIpc) is 1.56. The van der Waals surface area contributed by atoms with Crippen molar-refractivity contribution in [3.05, 3.63) is 263 Å². The van der Waals surface area contributed by atoms with E-state index in [-0.39, 0.29) is 28.1 Å². The summed E-state index contributed by atoms with van der Waals surface area (Å²) in [5, 5.41) is 53.7. The van der Waals surface area contributed by atoms with Gasteiger partial charge in [-0.05, 0) is 177 Å². The molecule has 0 N–H and O–H groups in total. The van der Waals surface area contributed by atoms with Crippen molar-refractivity contribution in [2.24, 2.45) is 0 Å². The maximum absolute atomic E-state index is 15.8. The number of nitrogens with zero attached hydrogens (tertiary/aromatic N) is 7. The fraction of sp³-hybridized carbons (Fsp3) is 0.0274. The highest BCUT2D eigenvalue weighted by atomic mass is 19.4. The van der Waals surface area contributed by atoms with Crippen molar-refractivity contribution in [3.8, 4) is 108 Å². The molecular formula is C73H37F6N7. The van der Waals surface area contributed by atoms with Gasteiger partial charge < -0.3 is 9.13 Å². The van der Waals surface area contributed by atoms with Gasteiger partial charge in [-0.15, -0.1) is 0 Å². The number of aromatic nitrogens is 2. The molecule has 0 aliphatic heterocycles. The molecule has 0 unspecified atom stereocenters. The minimum absolute atomic E-state index is 0.0194. The van der Waals surface area contributed by atoms with Crippen LogP contribution in [-0.4, -0.2) is 9.13 Å². The lowest BCUT2D eigenvalue weighted by Gasteiger charge is -2.25. The van der Waals surface area contributed by atoms with Gasteiger partial charge in [-0.3, -0.25) is 0 Å². The van der Waals surface area contributed by atoms with Crippen molar-refractivity contribution in [1.82, 2.24) is 9.13 Å². The van der Waals surface area contributed by atoms with Crippen LogP contribution in [0, 0.1) is 56.7 Å². The average molecular weight is 1130 g/mol. The van der Waals surface area contributed by atoms with Gasteiger partial charge in [-0.25, -0.2) is 0 Å². The maximum Gasteiger partial charge on any atom is 0.417 e. The summed E-state index contributed by atoms with van der Waals surface area (Å²) in [7, 11) is 0. The Bertz CT molecular complexity index is 4980. The number of rotatable bonds is 8. The van der Waals surface area contributed by atoms with Crippen LogP contribution < -0.4 is 0 Å². The van der Waals surface area contributed by atoms with E-state index in [1.54, 1.807) is 95.6 Å². The zero-order valence-electron chi connectivity index (χ0n) is 44.8. The number of hydrogen-bond donors (Lipinski definition) is 0. The van der Waals surface area contributed by atoms with Gasteiger partial charge >= 0.3 is 12.4 Å². The molecule has 0 fully saturated rings. The van der Waals surface area contributed by atoms with E-state index in [0.29, 0.717) is 100 Å². The molecule has 0 aliphatic carbocycles. The van der Waals surface area contributed by atoms with E-state index in [9.17, 15) is 26.3 Å². The smallest absolute Gasteiger partial charge is 0.309 e. The molecule has 86 heavy (non-hydrogen) atoms. The van der Waals surface area contributed by atoms with Crippen LogP contribution in [0.5, 0.6) is 0 Å². The molecule has 0 saturated heterocycles. The first kappa shape index (κ1) is 53.4. The van der Waals surface area contributed by atoms with Gasteiger partial charge in [0.1, 0.15) is 0 Å². The van der Waals surface area contributed by atoms with E-state index in [2.05, 4.69) is 30.3 Å². The predicted octanol–water partition coefficient (Wildman–Crippen LogP) is 19.3. The molecule has 13 rings (SSSR count). The summed E-state index contributed by atoms with van der Waals surface area (Å²) in [6.07, 6.45) is -10.6. The molecular weight excluding hydrogens is 1090 g/mol. The van der Waals surface area contributed by atoms with Crippen molar-refractivity contribution >= 4 is 43.6 Å². The van der Waals surface area contributed by atoms with E-state index in [1.165, 1.54) is 18.2 Å². The lowest BCUT2D eigenvalue weighted by atomic mass is 9.85. The fourth-order valence-electron chi connectivity index (χ4n) is 12.0. The predicted molar refractivity (Wildman–Crippen MR) is 321 cm³/mol. The van der Waals surface area contributed by atoms with Gasteiger partial charge in [0.05, 0.1) is 103 Å². The van der Waals surface area contributed by atoms with Crippen LogP contribution in [0.3, 0.4) is 0 Å². The van der Waals surface area contributed by atoms with Gasteiger partial charge in [-0.1, -0.05) is 97.1 Å². The Morgan fingerprint density at radius 2 is 0.581 bits per heavy atom. The SMILES string of the molecule is N#Cc1cccc(-c2ccc3c(c2)c2cc(-c4cccc(C#N)c4)ccc2n3-c2cccc(C#N)c2-c2c(-c3c(C(F)(F)F)cccc3C(F)(F)F)cccc2-n2c3ccc(-c4cccc(C#N)c4)cc3c3cc(-c4cccc(C#N)c4)ccc32)c1. The molecule has 0 radical (unpaired) electrons. The van der Waals surface area contributed by atoms with Gasteiger partial charge in [0.25, 0.3) is 0 Å². The Morgan fingerprint density at radius 1 is 0.279 bits per heavy atom. The van der Waals surface area contributed by atoms with Gasteiger partial charge in [0.2, 0.25) is 0 Å². The number of hydrogen-bond acceptors (Lipinski definition) is 5. The minimum atomic E-state index is -5.31. The Balaban J connectivity index is 1.18. The quantitative estimate of drug-likeness (QED) is 0.140. The second-order valence-corrected chi connectivity index (χ2v) is 20.6. The molecule has 406 valence electrons. The second kappa shape index (κ2) is 20.8. The summed E-state index contributed by atoms with van der Waals surface area (Å²) in [6, 6.07) is 72.9. The lowest BCUT2D eigenvalue weighted by molar-refractivity contribution is -0.142. The zero-order valence-corrected chi connectivity index (χ0v) is 44.8. The Hall–Kier alpha value is -12.0. The molecule has 13 heteroatoms. The first-order chi connectivity index (χ1) is 41.7. The summed E-state index contributed by atoms with van der Waals surface area (Å²) in [4.78, 5) is 0. The third kappa shape index (κ3) is 9.09. The number of benzene rings is 11. The van der Waals surface area contributed by atoms with Gasteiger partial charge in [0, 0.05) is 38.2 Å². The molecule has 0 atom stereocenters. The van der Waals surface area contributed by atoms with E-state index in [0.717, 1.165) is 28.3 Å². The summed E-state index contributed by atoms with van der Waals surface area (Å²) in [5.41, 5.74) is 5.07. The molecule has 0 saturated carbocycles. The summed E-state index contributed by atoms with van der Waals surface area (Å²) in [5.74, 6) is 0. The standard InChI is InChI=1S/C73H37F6N7/c74-72(75,76)61-18-7-19-62(73(77,78)79)70(61)56-17-6-21-68(86-65-28-24-53(49-14-3-10-45(32-49)40-82)36-59(65)60-37-54(25-29-66(60)86)50-15-4-11-46(33-50)41-83)71(56)69-55(42-84)16-5-20-67(69)85-63-26-22-51(47-12-1-8-43(30-47)38-80)34-57(63)58-35-52(23-27-64(58)85)48-13-2-9-44(31-48)39-81/h1-37H. The largest absolute Gasteiger partial charge is 0.417 e. The molecule has 0 spiro atoms. The number of fused-ring (bicyclic) bond motifs is 6. The van der Waals surface area contributed by atoms with Crippen LogP contribution in [0.15, 0.2) is 224 Å². The molecule has 7 nitrogen and oxygen atoms in total. The molecule has 0 bridgehead atoms. The third-order valence-electron chi connectivity index (χ3n) is 15.7. The van der Waals surface area contributed by atoms with Crippen LogP contribution in [-0.2, 0) is 12.4 Å². The van der Waals surface area contributed by atoms with Gasteiger partial charge in [0.15, 0.2) is 0 Å². The lowest BCUT2D eigenvalue weighted by Crippen LogP contribution is -2.15. The van der Waals surface area contributed by atoms with Crippen molar-refractivity contribution in [2.75, 3.05) is 0 Å². The Labute approximate surface area is 487 Å². The summed E-state index contributed by atoms with van der Waals surface area (Å²) in [6.45, 7) is 0. The molecule has 13 aromatic rings. The van der Waals surface area contributed by atoms with Crippen LogP contribution in [0.1, 0.15) is 38.9 Å². The van der Waals surface area contributed by atoms with E-state index in [4.69, 9.17) is 0 Å². The molecule has 11 aromatic carbocycles. The maximum atomic E-state index is 15.8. The van der Waals surface area contributed by atoms with Crippen molar-refractivity contribution in [1.29, 1.82) is 26.3 Å². The highest BCUT2D eigenvalue weighted by Gasteiger charge is 2.42. The van der Waals surface area contributed by atoms with E-state index >= 15 is 26.3 Å². The monoisotopic (exact) mass is 1130 g/mol. The molecule has 2 aromatic heterocycles. The fourth-order valence-corrected chi connectivity index (χ4v) is 12.0. The normalized spacial score (nSPS) is 11.5. The number of alkyl halides is 6. The molecule has 0 amide bonds. The Morgan fingerprint density at radius 3 is 0.907 bits per heavy atom. The van der Waals surface area contributed by atoms with Crippen LogP contribution in [0.25, 0.3) is 122 Å². The number of nitriles is 5. The Kier molecular flexibility index (Phi) is 12.9. The van der Waals surface area contributed by atoms with Gasteiger partial charge in [-0.2, -0.15) is 52.7 Å². The van der Waals surface area contributed by atoms with Crippen LogP contribution in [0.4, 0.5) is 26.3 Å². The molecule has 0 aliphatic rings. The van der Waals surface area contributed by atoms with E-state index in [1.807, 2.05) is 102 Å². The molecule has 2 heterocycles. The second-order valence-electron chi connectivity index (χ2n) is 20.6. The number of halogens is 6. The highest BCUT2D eigenvalue weighted by Crippen LogP contribution is 2.52. The summed E-state index contributed by atoms with van der Waals surface area (Å²) >= 11 is 0. The minimum Gasteiger partial charge on any atom is -0.309 e. The first-order valence-electron chi connectivity index (χ1n) is 26.8. The van der Waals surface area contributed by atoms with Crippen molar-refractivity contribution in [2.45, 2.75) is 12.4 Å². The van der Waals surface area contributed by atoms with E-state index < -0.39 is 34.6 Å². The van der Waals surface area contributed by atoms with Crippen LogP contribution >= 0.6 is 0 Å². The van der Waals surface area contributed by atoms with Crippen molar-refractivity contribution < 1.29 is 26.3 Å². The topological polar surface area (TPSA) is 129 Å². The van der Waals surface area contributed by atoms with Crippen LogP contribution in [0.2, 0.25) is 0 Å². The highest BCUT2D eigenvalue weighted by molar-refractivity contribution is 6.15. The zero-order chi connectivity index (χ0) is 59.6. The summed E-state index contributed by atoms with van der Waals surface area (Å²) < 4.78 is 98.3. The van der Waals surface area contributed by atoms with Crippen molar-refractivity contribution in [3.63, 3.8) is 0 Å². The first-order valence-corrected chi connectivity index (χ1v) is 26.8.